The van der Waals surface area contributed by atoms with Gasteiger partial charge < -0.3 is 15.2 Å². The second-order valence-electron chi connectivity index (χ2n) is 4.30. The number of rotatable bonds is 7. The number of nitrogens with one attached hydrogen (secondary N) is 1. The fraction of sp³-hybridized carbons (Fsp3) is 0.533. The van der Waals surface area contributed by atoms with Gasteiger partial charge in [-0.25, -0.2) is 0 Å². The molecule has 4 nitrogen and oxygen atoms in total. The topological polar surface area (TPSA) is 58.6 Å². The third kappa shape index (κ3) is 5.74. The quantitative estimate of drug-likeness (QED) is 0.597. The number of aliphatic hydroxyl groups excluding tert-OH is 1. The van der Waals surface area contributed by atoms with E-state index < -0.39 is 0 Å². The van der Waals surface area contributed by atoms with Crippen molar-refractivity contribution in [2.45, 2.75) is 26.7 Å². The molecule has 0 aliphatic rings. The molecule has 2 N–H and O–H groups in total. The maximum absolute atomic E-state index is 11.9. The highest BCUT2D eigenvalue weighted by Crippen LogP contribution is 2.20. The molecule has 1 rings (SSSR count). The van der Waals surface area contributed by atoms with Crippen molar-refractivity contribution in [3.05, 3.63) is 21.4 Å². The van der Waals surface area contributed by atoms with Crippen molar-refractivity contribution in [2.75, 3.05) is 26.4 Å². The number of ether oxygens (including phenoxy) is 1. The monoisotopic (exact) mass is 295 g/mol. The summed E-state index contributed by atoms with van der Waals surface area (Å²) in [6, 6.07) is 1.82. The Labute approximate surface area is 124 Å². The summed E-state index contributed by atoms with van der Waals surface area (Å²) in [6.45, 7) is 5.63. The van der Waals surface area contributed by atoms with Crippen molar-refractivity contribution in [2.24, 2.45) is 0 Å². The summed E-state index contributed by atoms with van der Waals surface area (Å²) in [5.74, 6) is 5.33. The van der Waals surface area contributed by atoms with Gasteiger partial charge in [0.05, 0.1) is 16.4 Å². The zero-order chi connectivity index (χ0) is 14.8. The van der Waals surface area contributed by atoms with Gasteiger partial charge in [0.2, 0.25) is 0 Å². The lowest BCUT2D eigenvalue weighted by Gasteiger charge is -2.04. The number of carbonyl (C=O) groups is 1. The Morgan fingerprint density at radius 3 is 3.00 bits per heavy atom. The molecule has 20 heavy (non-hydrogen) atoms. The third-order valence-corrected chi connectivity index (χ3v) is 3.75. The molecule has 1 aromatic heterocycles. The SMILES string of the molecule is CCCCOCCNC(=O)c1cc(C)c(C#CCO)s1. The average Bonchev–Trinajstić information content (AvgIpc) is 2.81. The Balaban J connectivity index is 2.40. The smallest absolute Gasteiger partial charge is 0.261 e. The Morgan fingerprint density at radius 1 is 1.50 bits per heavy atom. The molecule has 0 radical (unpaired) electrons. The molecule has 0 spiro atoms. The highest BCUT2D eigenvalue weighted by Gasteiger charge is 2.10. The molecule has 1 aromatic rings. The van der Waals surface area contributed by atoms with Gasteiger partial charge in [0.15, 0.2) is 0 Å². The summed E-state index contributed by atoms with van der Waals surface area (Å²) >= 11 is 1.34. The molecular weight excluding hydrogens is 274 g/mol. The summed E-state index contributed by atoms with van der Waals surface area (Å²) in [7, 11) is 0. The standard InChI is InChI=1S/C15H21NO3S/c1-3-4-9-19-10-7-16-15(18)14-11-12(2)13(20-14)6-5-8-17/h11,17H,3-4,7-10H2,1-2H3,(H,16,18). The lowest BCUT2D eigenvalue weighted by Crippen LogP contribution is -2.26. The van der Waals surface area contributed by atoms with Crippen molar-refractivity contribution >= 4 is 17.2 Å². The zero-order valence-corrected chi connectivity index (χ0v) is 12.8. The van der Waals surface area contributed by atoms with Crippen LogP contribution in [0.3, 0.4) is 0 Å². The lowest BCUT2D eigenvalue weighted by molar-refractivity contribution is 0.0916. The number of aliphatic hydroxyl groups is 1. The summed E-state index contributed by atoms with van der Waals surface area (Å²) < 4.78 is 5.38. The molecule has 110 valence electrons. The molecular formula is C15H21NO3S. The predicted octanol–water partition coefficient (Wildman–Crippen LogP) is 1.95. The maximum Gasteiger partial charge on any atom is 0.261 e. The van der Waals surface area contributed by atoms with E-state index in [-0.39, 0.29) is 12.5 Å². The van der Waals surface area contributed by atoms with Gasteiger partial charge in [0.1, 0.15) is 6.61 Å². The number of hydrogen-bond acceptors (Lipinski definition) is 4. The van der Waals surface area contributed by atoms with Crippen LogP contribution in [0.25, 0.3) is 0 Å². The van der Waals surface area contributed by atoms with Gasteiger partial charge in [-0.1, -0.05) is 25.2 Å². The number of carbonyl (C=O) groups excluding carboxylic acids is 1. The van der Waals surface area contributed by atoms with Gasteiger partial charge in [-0.05, 0) is 25.0 Å². The summed E-state index contributed by atoms with van der Waals surface area (Å²) in [6.07, 6.45) is 2.16. The van der Waals surface area contributed by atoms with Gasteiger partial charge in [0.25, 0.3) is 5.91 Å². The van der Waals surface area contributed by atoms with Crippen LogP contribution >= 0.6 is 11.3 Å². The first-order valence-corrected chi connectivity index (χ1v) is 7.56. The van der Waals surface area contributed by atoms with E-state index in [1.807, 2.05) is 13.0 Å². The zero-order valence-electron chi connectivity index (χ0n) is 12.0. The van der Waals surface area contributed by atoms with Crippen LogP contribution in [0.15, 0.2) is 6.07 Å². The summed E-state index contributed by atoms with van der Waals surface area (Å²) in [5, 5.41) is 11.5. The number of hydrogen-bond donors (Lipinski definition) is 2. The minimum absolute atomic E-state index is 0.103. The molecule has 0 unspecified atom stereocenters. The van der Waals surface area contributed by atoms with E-state index in [2.05, 4.69) is 24.1 Å². The van der Waals surface area contributed by atoms with E-state index in [9.17, 15) is 4.79 Å². The van der Waals surface area contributed by atoms with Crippen molar-refractivity contribution in [3.8, 4) is 11.8 Å². The first-order valence-electron chi connectivity index (χ1n) is 6.75. The van der Waals surface area contributed by atoms with Gasteiger partial charge in [-0.15, -0.1) is 11.3 Å². The molecule has 5 heteroatoms. The van der Waals surface area contributed by atoms with Gasteiger partial charge in [-0.2, -0.15) is 0 Å². The molecule has 0 aliphatic heterocycles. The second-order valence-corrected chi connectivity index (χ2v) is 5.36. The number of aryl methyl sites for hydroxylation is 1. The van der Waals surface area contributed by atoms with Gasteiger partial charge in [0, 0.05) is 13.2 Å². The molecule has 1 heterocycles. The van der Waals surface area contributed by atoms with Crippen LogP contribution in [0.4, 0.5) is 0 Å². The Morgan fingerprint density at radius 2 is 2.30 bits per heavy atom. The molecule has 0 aromatic carbocycles. The normalized spacial score (nSPS) is 9.95. The minimum atomic E-state index is -0.173. The first-order chi connectivity index (χ1) is 9.69. The van der Waals surface area contributed by atoms with Crippen LogP contribution in [-0.4, -0.2) is 37.4 Å². The predicted molar refractivity (Wildman–Crippen MR) is 81.1 cm³/mol. The highest BCUT2D eigenvalue weighted by atomic mass is 32.1. The highest BCUT2D eigenvalue weighted by molar-refractivity contribution is 7.14. The van der Waals surface area contributed by atoms with E-state index >= 15 is 0 Å². The van der Waals surface area contributed by atoms with E-state index in [4.69, 9.17) is 9.84 Å². The molecule has 1 amide bonds. The molecule has 0 bridgehead atoms. The first kappa shape index (κ1) is 16.7. The van der Waals surface area contributed by atoms with Gasteiger partial charge in [-0.3, -0.25) is 4.79 Å². The second kappa shape index (κ2) is 9.54. The number of unbranched alkanes of at least 4 members (excludes halogenated alkanes) is 1. The van der Waals surface area contributed by atoms with Crippen LogP contribution in [-0.2, 0) is 4.74 Å². The third-order valence-electron chi connectivity index (χ3n) is 2.60. The van der Waals surface area contributed by atoms with E-state index in [0.717, 1.165) is 29.9 Å². The molecule has 0 saturated heterocycles. The molecule has 0 atom stereocenters. The largest absolute Gasteiger partial charge is 0.384 e. The average molecular weight is 295 g/mol. The minimum Gasteiger partial charge on any atom is -0.384 e. The maximum atomic E-state index is 11.9. The van der Waals surface area contributed by atoms with Crippen LogP contribution in [0.2, 0.25) is 0 Å². The Hall–Kier alpha value is -1.35. The van der Waals surface area contributed by atoms with Crippen molar-refractivity contribution in [1.82, 2.24) is 5.32 Å². The van der Waals surface area contributed by atoms with E-state index in [1.165, 1.54) is 11.3 Å². The number of thiophene rings is 1. The fourth-order valence-corrected chi connectivity index (χ4v) is 2.47. The number of amides is 1. The fourth-order valence-electron chi connectivity index (χ4n) is 1.51. The van der Waals surface area contributed by atoms with Crippen molar-refractivity contribution in [1.29, 1.82) is 0 Å². The van der Waals surface area contributed by atoms with Crippen LogP contribution < -0.4 is 5.32 Å². The van der Waals surface area contributed by atoms with Gasteiger partial charge >= 0.3 is 0 Å². The van der Waals surface area contributed by atoms with Crippen LogP contribution in [0, 0.1) is 18.8 Å². The molecule has 0 aliphatic carbocycles. The van der Waals surface area contributed by atoms with E-state index in [1.54, 1.807) is 0 Å². The van der Waals surface area contributed by atoms with Crippen LogP contribution in [0.5, 0.6) is 0 Å². The van der Waals surface area contributed by atoms with Crippen molar-refractivity contribution in [3.63, 3.8) is 0 Å². The van der Waals surface area contributed by atoms with Crippen LogP contribution in [0.1, 0.15) is 39.9 Å². The van der Waals surface area contributed by atoms with E-state index in [0.29, 0.717) is 18.0 Å². The summed E-state index contributed by atoms with van der Waals surface area (Å²) in [4.78, 5) is 13.4. The lowest BCUT2D eigenvalue weighted by atomic mass is 10.2. The van der Waals surface area contributed by atoms with Crippen molar-refractivity contribution < 1.29 is 14.6 Å². The Kier molecular flexibility index (Phi) is 7.97. The summed E-state index contributed by atoms with van der Waals surface area (Å²) in [5.41, 5.74) is 0.959. The molecule has 0 saturated carbocycles. The Bertz CT molecular complexity index is 485. The molecule has 0 fully saturated rings.